The van der Waals surface area contributed by atoms with Gasteiger partial charge in [-0.3, -0.25) is 4.79 Å². The van der Waals surface area contributed by atoms with Gasteiger partial charge in [0.15, 0.2) is 0 Å². The average molecular weight is 237 g/mol. The number of carbonyl (C=O) groups is 1. The predicted molar refractivity (Wildman–Crippen MR) is 63.1 cm³/mol. The van der Waals surface area contributed by atoms with Crippen molar-refractivity contribution in [3.8, 4) is 0 Å². The molecule has 4 heteroatoms. The van der Waals surface area contributed by atoms with E-state index in [1.54, 1.807) is 6.07 Å². The predicted octanol–water partition coefficient (Wildman–Crippen LogP) is 2.46. The van der Waals surface area contributed by atoms with Crippen molar-refractivity contribution in [3.63, 3.8) is 0 Å². The summed E-state index contributed by atoms with van der Waals surface area (Å²) in [5, 5.41) is 12.7. The topological polar surface area (TPSA) is 49.3 Å². The number of rotatable bonds is 3. The fourth-order valence-corrected chi connectivity index (χ4v) is 2.28. The van der Waals surface area contributed by atoms with Crippen LogP contribution in [-0.2, 0) is 4.79 Å². The summed E-state index contributed by atoms with van der Waals surface area (Å²) in [6.07, 6.45) is 3.35. The van der Waals surface area contributed by atoms with Gasteiger partial charge in [0.1, 0.15) is 5.82 Å². The van der Waals surface area contributed by atoms with Gasteiger partial charge in [-0.05, 0) is 31.0 Å². The summed E-state index contributed by atoms with van der Waals surface area (Å²) in [5.41, 5.74) is -0.436. The third-order valence-corrected chi connectivity index (χ3v) is 3.13. The molecule has 0 radical (unpaired) electrons. The summed E-state index contributed by atoms with van der Waals surface area (Å²) < 4.78 is 12.9. The lowest BCUT2D eigenvalue weighted by atomic mass is 9.97. The molecule has 1 aromatic carbocycles. The second-order valence-corrected chi connectivity index (χ2v) is 4.67. The fourth-order valence-electron chi connectivity index (χ4n) is 2.28. The van der Waals surface area contributed by atoms with Gasteiger partial charge in [-0.25, -0.2) is 4.39 Å². The maximum atomic E-state index is 12.9. The van der Waals surface area contributed by atoms with E-state index in [2.05, 4.69) is 5.32 Å². The van der Waals surface area contributed by atoms with Crippen LogP contribution in [0.5, 0.6) is 0 Å². The molecule has 0 aromatic heterocycles. The van der Waals surface area contributed by atoms with Crippen LogP contribution < -0.4 is 5.32 Å². The lowest BCUT2D eigenvalue weighted by Gasteiger charge is -2.21. The number of amides is 1. The average Bonchev–Trinajstić information content (AvgIpc) is 2.64. The SMILES string of the molecule is O=C(CC1(O)CCCC1)Nc1cccc(F)c1. The van der Waals surface area contributed by atoms with Gasteiger partial charge in [0, 0.05) is 5.69 Å². The van der Waals surface area contributed by atoms with Gasteiger partial charge in [0.2, 0.25) is 5.91 Å². The summed E-state index contributed by atoms with van der Waals surface area (Å²) >= 11 is 0. The Bertz CT molecular complexity index is 414. The zero-order valence-corrected chi connectivity index (χ0v) is 9.58. The van der Waals surface area contributed by atoms with Crippen LogP contribution in [0.1, 0.15) is 32.1 Å². The molecule has 0 aliphatic heterocycles. The first-order chi connectivity index (χ1) is 8.07. The number of nitrogens with one attached hydrogen (secondary N) is 1. The van der Waals surface area contributed by atoms with E-state index in [9.17, 15) is 14.3 Å². The van der Waals surface area contributed by atoms with E-state index in [0.29, 0.717) is 18.5 Å². The lowest BCUT2D eigenvalue weighted by molar-refractivity contribution is -0.120. The molecule has 1 aliphatic rings. The summed E-state index contributed by atoms with van der Waals surface area (Å²) in [5.74, 6) is -0.651. The summed E-state index contributed by atoms with van der Waals surface area (Å²) in [6, 6.07) is 5.74. The van der Waals surface area contributed by atoms with Crippen LogP contribution in [0, 0.1) is 5.82 Å². The molecule has 1 fully saturated rings. The first-order valence-corrected chi connectivity index (χ1v) is 5.85. The van der Waals surface area contributed by atoms with Crippen molar-refractivity contribution in [1.29, 1.82) is 0 Å². The van der Waals surface area contributed by atoms with Gasteiger partial charge in [-0.2, -0.15) is 0 Å². The van der Waals surface area contributed by atoms with Gasteiger partial charge in [0.05, 0.1) is 12.0 Å². The Morgan fingerprint density at radius 3 is 2.76 bits per heavy atom. The zero-order valence-electron chi connectivity index (χ0n) is 9.58. The van der Waals surface area contributed by atoms with Crippen molar-refractivity contribution in [3.05, 3.63) is 30.1 Å². The minimum Gasteiger partial charge on any atom is -0.389 e. The van der Waals surface area contributed by atoms with Crippen LogP contribution in [0.3, 0.4) is 0 Å². The Morgan fingerprint density at radius 2 is 2.12 bits per heavy atom. The molecule has 2 rings (SSSR count). The van der Waals surface area contributed by atoms with Crippen LogP contribution in [0.15, 0.2) is 24.3 Å². The van der Waals surface area contributed by atoms with Crippen LogP contribution in [0.2, 0.25) is 0 Å². The minimum atomic E-state index is -0.864. The molecule has 1 aliphatic carbocycles. The molecule has 3 nitrogen and oxygen atoms in total. The van der Waals surface area contributed by atoms with E-state index in [0.717, 1.165) is 12.8 Å². The van der Waals surface area contributed by atoms with Gasteiger partial charge in [-0.15, -0.1) is 0 Å². The molecule has 1 amide bonds. The molecule has 92 valence electrons. The van der Waals surface area contributed by atoms with Crippen LogP contribution in [0.4, 0.5) is 10.1 Å². The minimum absolute atomic E-state index is 0.0868. The molecule has 0 saturated heterocycles. The largest absolute Gasteiger partial charge is 0.389 e. The first kappa shape index (κ1) is 12.0. The Hall–Kier alpha value is -1.42. The van der Waals surface area contributed by atoms with E-state index in [1.165, 1.54) is 18.2 Å². The monoisotopic (exact) mass is 237 g/mol. The van der Waals surface area contributed by atoms with Crippen molar-refractivity contribution in [1.82, 2.24) is 0 Å². The maximum Gasteiger partial charge on any atom is 0.227 e. The highest BCUT2D eigenvalue weighted by atomic mass is 19.1. The lowest BCUT2D eigenvalue weighted by Crippen LogP contribution is -2.30. The van der Waals surface area contributed by atoms with Crippen molar-refractivity contribution >= 4 is 11.6 Å². The van der Waals surface area contributed by atoms with Crippen LogP contribution >= 0.6 is 0 Å². The summed E-state index contributed by atoms with van der Waals surface area (Å²) in [7, 11) is 0. The Balaban J connectivity index is 1.93. The number of carbonyl (C=O) groups excluding carboxylic acids is 1. The third kappa shape index (κ3) is 3.27. The zero-order chi connectivity index (χ0) is 12.3. The molecule has 17 heavy (non-hydrogen) atoms. The molecule has 0 unspecified atom stereocenters. The molecule has 1 aromatic rings. The number of aliphatic hydroxyl groups is 1. The molecule has 0 atom stereocenters. The van der Waals surface area contributed by atoms with Gasteiger partial charge in [-0.1, -0.05) is 18.9 Å². The Labute approximate surface area is 99.7 Å². The van der Waals surface area contributed by atoms with Crippen LogP contribution in [-0.4, -0.2) is 16.6 Å². The Kier molecular flexibility index (Phi) is 3.43. The number of anilines is 1. The molecular formula is C13H16FNO2. The number of hydrogen-bond donors (Lipinski definition) is 2. The highest BCUT2D eigenvalue weighted by Crippen LogP contribution is 2.32. The molecular weight excluding hydrogens is 221 g/mol. The normalized spacial score (nSPS) is 18.0. The van der Waals surface area contributed by atoms with E-state index in [-0.39, 0.29) is 18.1 Å². The number of halogens is 1. The van der Waals surface area contributed by atoms with E-state index >= 15 is 0 Å². The van der Waals surface area contributed by atoms with Gasteiger partial charge >= 0.3 is 0 Å². The second-order valence-electron chi connectivity index (χ2n) is 4.67. The highest BCUT2D eigenvalue weighted by molar-refractivity contribution is 5.91. The third-order valence-electron chi connectivity index (χ3n) is 3.13. The molecule has 0 heterocycles. The van der Waals surface area contributed by atoms with Gasteiger partial charge in [0.25, 0.3) is 0 Å². The summed E-state index contributed by atoms with van der Waals surface area (Å²) in [4.78, 5) is 11.7. The smallest absolute Gasteiger partial charge is 0.227 e. The van der Waals surface area contributed by atoms with Crippen molar-refractivity contribution in [2.45, 2.75) is 37.7 Å². The van der Waals surface area contributed by atoms with Gasteiger partial charge < -0.3 is 10.4 Å². The fraction of sp³-hybridized carbons (Fsp3) is 0.462. The standard InChI is InChI=1S/C13H16FNO2/c14-10-4-3-5-11(8-10)15-12(16)9-13(17)6-1-2-7-13/h3-5,8,17H,1-2,6-7,9H2,(H,15,16). The number of benzene rings is 1. The second kappa shape index (κ2) is 4.84. The van der Waals surface area contributed by atoms with E-state index in [1.807, 2.05) is 0 Å². The van der Waals surface area contributed by atoms with Crippen molar-refractivity contribution < 1.29 is 14.3 Å². The van der Waals surface area contributed by atoms with Crippen molar-refractivity contribution in [2.75, 3.05) is 5.32 Å². The molecule has 2 N–H and O–H groups in total. The highest BCUT2D eigenvalue weighted by Gasteiger charge is 2.33. The number of hydrogen-bond acceptors (Lipinski definition) is 2. The molecule has 0 spiro atoms. The summed E-state index contributed by atoms with van der Waals surface area (Å²) in [6.45, 7) is 0. The van der Waals surface area contributed by atoms with E-state index < -0.39 is 5.60 Å². The maximum absolute atomic E-state index is 12.9. The quantitative estimate of drug-likeness (QED) is 0.848. The molecule has 1 saturated carbocycles. The van der Waals surface area contributed by atoms with Crippen LogP contribution in [0.25, 0.3) is 0 Å². The van der Waals surface area contributed by atoms with E-state index in [4.69, 9.17) is 0 Å². The first-order valence-electron chi connectivity index (χ1n) is 5.85. The molecule has 0 bridgehead atoms. The van der Waals surface area contributed by atoms with Crippen molar-refractivity contribution in [2.24, 2.45) is 0 Å². The Morgan fingerprint density at radius 1 is 1.41 bits per heavy atom.